The molecule has 26 heavy (non-hydrogen) atoms. The lowest BCUT2D eigenvalue weighted by atomic mass is 10.1. The highest BCUT2D eigenvalue weighted by molar-refractivity contribution is 7.91. The van der Waals surface area contributed by atoms with Gasteiger partial charge in [0.25, 0.3) is 0 Å². The number of hydrogen-bond donors (Lipinski definition) is 1. The van der Waals surface area contributed by atoms with Crippen LogP contribution < -0.4 is 5.32 Å². The summed E-state index contributed by atoms with van der Waals surface area (Å²) in [4.78, 5) is 6.89. The topological polar surface area (TPSA) is 61.8 Å². The Hall–Kier alpha value is -1.27. The monoisotopic (exact) mass is 397 g/mol. The van der Waals surface area contributed by atoms with Gasteiger partial charge in [0.2, 0.25) is 0 Å². The maximum Gasteiger partial charge on any atom is 0.194 e. The van der Waals surface area contributed by atoms with Gasteiger partial charge in [-0.3, -0.25) is 4.99 Å². The summed E-state index contributed by atoms with van der Waals surface area (Å²) in [5.41, 5.74) is 1.13. The van der Waals surface area contributed by atoms with Crippen LogP contribution in [0.5, 0.6) is 0 Å². The van der Waals surface area contributed by atoms with Gasteiger partial charge >= 0.3 is 0 Å². The smallest absolute Gasteiger partial charge is 0.194 e. The molecule has 7 heteroatoms. The SMILES string of the molecule is CN(Cc1cccc(Cl)c1)C(=NCC1CCS(=O)(=O)C1)NC1CCCC1. The quantitative estimate of drug-likeness (QED) is 0.612. The molecule has 0 aromatic heterocycles. The summed E-state index contributed by atoms with van der Waals surface area (Å²) < 4.78 is 23.4. The van der Waals surface area contributed by atoms with E-state index < -0.39 is 9.84 Å². The fourth-order valence-corrected chi connectivity index (χ4v) is 5.81. The van der Waals surface area contributed by atoms with Gasteiger partial charge in [0.05, 0.1) is 11.5 Å². The molecule has 1 heterocycles. The summed E-state index contributed by atoms with van der Waals surface area (Å²) in [6, 6.07) is 8.31. The molecule has 1 aliphatic carbocycles. The molecule has 5 nitrogen and oxygen atoms in total. The molecule has 0 spiro atoms. The second-order valence-electron chi connectivity index (χ2n) is 7.55. The first kappa shape index (κ1) is 19.5. The summed E-state index contributed by atoms with van der Waals surface area (Å²) in [7, 11) is -0.836. The Kier molecular flexibility index (Phi) is 6.46. The van der Waals surface area contributed by atoms with Crippen LogP contribution in [0.25, 0.3) is 0 Å². The molecule has 0 bridgehead atoms. The zero-order chi connectivity index (χ0) is 18.6. The van der Waals surface area contributed by atoms with Crippen LogP contribution in [-0.2, 0) is 16.4 Å². The van der Waals surface area contributed by atoms with Crippen LogP contribution in [0, 0.1) is 5.92 Å². The van der Waals surface area contributed by atoms with Gasteiger partial charge in [0, 0.05) is 31.2 Å². The van der Waals surface area contributed by atoms with Crippen molar-refractivity contribution in [2.45, 2.75) is 44.7 Å². The minimum Gasteiger partial charge on any atom is -0.354 e. The predicted octanol–water partition coefficient (Wildman–Crippen LogP) is 3.09. The highest BCUT2D eigenvalue weighted by Gasteiger charge is 2.28. The van der Waals surface area contributed by atoms with Crippen molar-refractivity contribution in [2.75, 3.05) is 25.1 Å². The Morgan fingerprint density at radius 3 is 2.73 bits per heavy atom. The van der Waals surface area contributed by atoms with E-state index in [2.05, 4.69) is 16.3 Å². The van der Waals surface area contributed by atoms with Gasteiger partial charge in [-0.05, 0) is 42.9 Å². The number of sulfone groups is 1. The molecule has 0 radical (unpaired) electrons. The molecule has 1 atom stereocenters. The number of rotatable bonds is 5. The summed E-state index contributed by atoms with van der Waals surface area (Å²) in [6.45, 7) is 1.27. The van der Waals surface area contributed by atoms with E-state index in [0.717, 1.165) is 23.0 Å². The molecule has 1 unspecified atom stereocenters. The fraction of sp³-hybridized carbons (Fsp3) is 0.632. The zero-order valence-corrected chi connectivity index (χ0v) is 16.9. The van der Waals surface area contributed by atoms with Crippen molar-refractivity contribution in [3.8, 4) is 0 Å². The van der Waals surface area contributed by atoms with Gasteiger partial charge in [-0.2, -0.15) is 0 Å². The minimum atomic E-state index is -2.86. The summed E-state index contributed by atoms with van der Waals surface area (Å²) in [6.07, 6.45) is 5.57. The van der Waals surface area contributed by atoms with Crippen LogP contribution in [0.15, 0.2) is 29.3 Å². The third kappa shape index (κ3) is 5.61. The van der Waals surface area contributed by atoms with Crippen molar-refractivity contribution in [1.82, 2.24) is 10.2 Å². The molecule has 3 rings (SSSR count). The maximum atomic E-state index is 11.7. The number of nitrogens with zero attached hydrogens (tertiary/aromatic N) is 2. The van der Waals surface area contributed by atoms with E-state index >= 15 is 0 Å². The Balaban J connectivity index is 1.68. The lowest BCUT2D eigenvalue weighted by molar-refractivity contribution is 0.453. The third-order valence-electron chi connectivity index (χ3n) is 5.18. The molecule has 144 valence electrons. The number of guanidine groups is 1. The second kappa shape index (κ2) is 8.61. The van der Waals surface area contributed by atoms with Gasteiger partial charge in [-0.25, -0.2) is 8.42 Å². The average Bonchev–Trinajstić information content (AvgIpc) is 3.20. The normalized spacial score (nSPS) is 23.3. The van der Waals surface area contributed by atoms with E-state index in [0.29, 0.717) is 24.9 Å². The molecule has 2 aliphatic rings. The Labute approximate surface area is 161 Å². The minimum absolute atomic E-state index is 0.139. The lowest BCUT2D eigenvalue weighted by Crippen LogP contribution is -2.43. The van der Waals surface area contributed by atoms with Crippen LogP contribution >= 0.6 is 11.6 Å². The first-order valence-electron chi connectivity index (χ1n) is 9.38. The maximum absolute atomic E-state index is 11.7. The van der Waals surface area contributed by atoms with E-state index in [4.69, 9.17) is 16.6 Å². The zero-order valence-electron chi connectivity index (χ0n) is 15.3. The van der Waals surface area contributed by atoms with Crippen LogP contribution in [0.3, 0.4) is 0 Å². The molecular weight excluding hydrogens is 370 g/mol. The van der Waals surface area contributed by atoms with E-state index in [1.54, 1.807) is 0 Å². The van der Waals surface area contributed by atoms with Crippen LogP contribution in [0.2, 0.25) is 5.02 Å². The molecule has 1 aromatic rings. The number of aliphatic imine (C=N–C) groups is 1. The lowest BCUT2D eigenvalue weighted by Gasteiger charge is -2.26. The van der Waals surface area contributed by atoms with Crippen LogP contribution in [-0.4, -0.2) is 50.4 Å². The number of nitrogens with one attached hydrogen (secondary N) is 1. The highest BCUT2D eigenvalue weighted by atomic mass is 35.5. The second-order valence-corrected chi connectivity index (χ2v) is 10.2. The van der Waals surface area contributed by atoms with E-state index in [9.17, 15) is 8.42 Å². The van der Waals surface area contributed by atoms with E-state index in [1.807, 2.05) is 25.2 Å². The third-order valence-corrected chi connectivity index (χ3v) is 7.26. The molecule has 1 N–H and O–H groups in total. The van der Waals surface area contributed by atoms with Crippen molar-refractivity contribution in [3.05, 3.63) is 34.9 Å². The first-order valence-corrected chi connectivity index (χ1v) is 11.6. The largest absolute Gasteiger partial charge is 0.354 e. The van der Waals surface area contributed by atoms with E-state index in [-0.39, 0.29) is 11.7 Å². The number of halogens is 1. The Bertz CT molecular complexity index is 745. The molecule has 1 saturated heterocycles. The van der Waals surface area contributed by atoms with Crippen LogP contribution in [0.4, 0.5) is 0 Å². The molecule has 1 aromatic carbocycles. The van der Waals surface area contributed by atoms with Crippen molar-refractivity contribution in [2.24, 2.45) is 10.9 Å². The van der Waals surface area contributed by atoms with Crippen molar-refractivity contribution >= 4 is 27.4 Å². The van der Waals surface area contributed by atoms with E-state index in [1.165, 1.54) is 25.7 Å². The van der Waals surface area contributed by atoms with Crippen molar-refractivity contribution < 1.29 is 8.42 Å². The number of hydrogen-bond acceptors (Lipinski definition) is 3. The Morgan fingerprint density at radius 2 is 2.08 bits per heavy atom. The van der Waals surface area contributed by atoms with Gasteiger partial charge < -0.3 is 10.2 Å². The van der Waals surface area contributed by atoms with Crippen LogP contribution in [0.1, 0.15) is 37.7 Å². The average molecular weight is 398 g/mol. The molecule has 0 amide bonds. The van der Waals surface area contributed by atoms with Crippen molar-refractivity contribution in [1.29, 1.82) is 0 Å². The summed E-state index contributed by atoms with van der Waals surface area (Å²) in [5, 5.41) is 4.32. The predicted molar refractivity (Wildman–Crippen MR) is 107 cm³/mol. The molecule has 1 saturated carbocycles. The highest BCUT2D eigenvalue weighted by Crippen LogP contribution is 2.20. The first-order chi connectivity index (χ1) is 12.4. The molecular formula is C19H28ClN3O2S. The molecule has 2 fully saturated rings. The van der Waals surface area contributed by atoms with Gasteiger partial charge in [-0.15, -0.1) is 0 Å². The van der Waals surface area contributed by atoms with Gasteiger partial charge in [0.1, 0.15) is 0 Å². The van der Waals surface area contributed by atoms with Gasteiger partial charge in [-0.1, -0.05) is 36.6 Å². The van der Waals surface area contributed by atoms with Gasteiger partial charge in [0.15, 0.2) is 15.8 Å². The fourth-order valence-electron chi connectivity index (χ4n) is 3.74. The number of benzene rings is 1. The summed E-state index contributed by atoms with van der Waals surface area (Å²) in [5.74, 6) is 1.57. The summed E-state index contributed by atoms with van der Waals surface area (Å²) >= 11 is 6.10. The van der Waals surface area contributed by atoms with Crippen molar-refractivity contribution in [3.63, 3.8) is 0 Å². The standard InChI is InChI=1S/C19H28ClN3O2S/c1-23(13-15-5-4-6-17(20)11-15)19(22-18-7-2-3-8-18)21-12-16-9-10-26(24,25)14-16/h4-6,11,16,18H,2-3,7-10,12-14H2,1H3,(H,21,22). The Morgan fingerprint density at radius 1 is 1.31 bits per heavy atom. The molecule has 1 aliphatic heterocycles.